The Hall–Kier alpha value is -6.79. The van der Waals surface area contributed by atoms with Crippen molar-refractivity contribution >= 4 is 79.1 Å². The number of aryl methyl sites for hydroxylation is 2. The number of nitrogens with zero attached hydrogens (tertiary/aromatic N) is 8. The first-order chi connectivity index (χ1) is 33.9. The summed E-state index contributed by atoms with van der Waals surface area (Å²) in [6, 6.07) is 10.2. The van der Waals surface area contributed by atoms with Gasteiger partial charge in [-0.3, -0.25) is 44.0 Å². The van der Waals surface area contributed by atoms with Gasteiger partial charge in [-0.05, 0) is 74.8 Å². The van der Waals surface area contributed by atoms with Gasteiger partial charge >= 0.3 is 5.00 Å². The van der Waals surface area contributed by atoms with E-state index in [1.54, 1.807) is 42.1 Å². The number of pyridine rings is 2. The number of rotatable bonds is 24. The summed E-state index contributed by atoms with van der Waals surface area (Å²) in [4.78, 5) is 96.8. The Morgan fingerprint density at radius 1 is 0.814 bits per heavy atom. The number of Topliss-reactive ketones (excluding diaryl/α,β-unsaturated/α-hetero) is 1. The summed E-state index contributed by atoms with van der Waals surface area (Å²) in [5.74, 6) is -0.319. The van der Waals surface area contributed by atoms with E-state index < -0.39 is 10.8 Å². The third-order valence-corrected chi connectivity index (χ3v) is 12.9. The number of anilines is 5. The van der Waals surface area contributed by atoms with Gasteiger partial charge in [-0.2, -0.15) is 4.98 Å². The summed E-state index contributed by atoms with van der Waals surface area (Å²) in [6.07, 6.45) is 7.50. The van der Waals surface area contributed by atoms with Crippen LogP contribution in [-0.4, -0.2) is 137 Å². The van der Waals surface area contributed by atoms with Crippen molar-refractivity contribution < 1.29 is 43.0 Å². The number of benzene rings is 1. The molecule has 0 bridgehead atoms. The maximum absolute atomic E-state index is 13.6. The Kier molecular flexibility index (Phi) is 18.0. The number of para-hydroxylation sites is 1. The van der Waals surface area contributed by atoms with E-state index in [9.17, 15) is 34.1 Å². The summed E-state index contributed by atoms with van der Waals surface area (Å²) in [7, 11) is 0. The van der Waals surface area contributed by atoms with Gasteiger partial charge in [0.1, 0.15) is 17.2 Å². The van der Waals surface area contributed by atoms with Crippen LogP contribution < -0.4 is 26.4 Å². The highest BCUT2D eigenvalue weighted by Gasteiger charge is 2.27. The van der Waals surface area contributed by atoms with E-state index in [1.807, 2.05) is 17.0 Å². The van der Waals surface area contributed by atoms with Crippen LogP contribution in [0.4, 0.5) is 33.3 Å². The third kappa shape index (κ3) is 13.3. The fraction of sp³-hybridized carbons (Fsp3) is 0.468. The molecule has 2 aliphatic rings. The smallest absolute Gasteiger partial charge is 0.348 e. The first kappa shape index (κ1) is 51.1. The number of hydrogen-bond acceptors (Lipinski definition) is 18. The lowest BCUT2D eigenvalue weighted by Gasteiger charge is -2.36. The van der Waals surface area contributed by atoms with Crippen LogP contribution in [0.1, 0.15) is 83.5 Å². The van der Waals surface area contributed by atoms with Crippen molar-refractivity contribution in [3.05, 3.63) is 91.6 Å². The van der Waals surface area contributed by atoms with Gasteiger partial charge in [0.2, 0.25) is 17.8 Å². The molecule has 5 aromatic rings. The lowest BCUT2D eigenvalue weighted by molar-refractivity contribution is -0.380. The maximum atomic E-state index is 13.6. The first-order valence-electron chi connectivity index (χ1n) is 23.2. The number of carbonyl (C=O) groups is 4. The normalized spacial score (nSPS) is 14.0. The van der Waals surface area contributed by atoms with Crippen molar-refractivity contribution in [1.29, 1.82) is 0 Å². The fourth-order valence-electron chi connectivity index (χ4n) is 8.31. The van der Waals surface area contributed by atoms with Gasteiger partial charge in [-0.15, -0.1) is 0 Å². The van der Waals surface area contributed by atoms with E-state index >= 15 is 0 Å². The maximum Gasteiger partial charge on any atom is 0.348 e. The molecule has 1 aliphatic carbocycles. The minimum absolute atomic E-state index is 0.0160. The number of aromatic nitrogens is 5. The van der Waals surface area contributed by atoms with Crippen LogP contribution in [0.25, 0.3) is 11.0 Å². The molecule has 0 spiro atoms. The zero-order valence-corrected chi connectivity index (χ0v) is 40.2. The number of hydrogen-bond donors (Lipinski definition) is 3. The first-order valence-corrected chi connectivity index (χ1v) is 24.0. The SMILES string of the molecule is CC(=O)c1c(C)c2cnc(Nc3ccc(N4CCN(C(=O)CCOCCOCCOCCOCCC(=O)Nc5ccccc5C(=O)Nc5nc(C)c([N+](=O)[O-])s5)CC4)cn3)nc2n(C2CCCC2)c1=O. The van der Waals surface area contributed by atoms with Crippen molar-refractivity contribution in [3.63, 3.8) is 0 Å². The Labute approximate surface area is 407 Å². The summed E-state index contributed by atoms with van der Waals surface area (Å²) < 4.78 is 23.9. The molecular formula is C47H57N11O11S. The van der Waals surface area contributed by atoms with Crippen molar-refractivity contribution in [2.45, 2.75) is 65.3 Å². The van der Waals surface area contributed by atoms with Gasteiger partial charge in [0.15, 0.2) is 10.9 Å². The number of thiazole rings is 1. The molecule has 70 heavy (non-hydrogen) atoms. The molecule has 7 rings (SSSR count). The largest absolute Gasteiger partial charge is 0.379 e. The number of nitrogens with one attached hydrogen (secondary N) is 3. The molecule has 1 saturated carbocycles. The van der Waals surface area contributed by atoms with E-state index in [1.165, 1.54) is 19.9 Å². The van der Waals surface area contributed by atoms with Crippen LogP contribution in [0.3, 0.4) is 0 Å². The zero-order chi connectivity index (χ0) is 49.6. The zero-order valence-electron chi connectivity index (χ0n) is 39.4. The highest BCUT2D eigenvalue weighted by Crippen LogP contribution is 2.33. The molecule has 5 heterocycles. The average molecular weight is 984 g/mol. The number of amides is 3. The molecular weight excluding hydrogens is 927 g/mol. The summed E-state index contributed by atoms with van der Waals surface area (Å²) >= 11 is 0.752. The number of carbonyl (C=O) groups excluding carboxylic acids is 4. The van der Waals surface area contributed by atoms with Crippen molar-refractivity contribution in [2.75, 3.05) is 99.9 Å². The molecule has 1 saturated heterocycles. The molecule has 0 radical (unpaired) electrons. The van der Waals surface area contributed by atoms with Gasteiger partial charge < -0.3 is 39.4 Å². The van der Waals surface area contributed by atoms with Crippen LogP contribution in [0.15, 0.2) is 53.6 Å². The van der Waals surface area contributed by atoms with Gasteiger partial charge in [0.25, 0.3) is 11.5 Å². The summed E-state index contributed by atoms with van der Waals surface area (Å²) in [5.41, 5.74) is 2.57. The van der Waals surface area contributed by atoms with E-state index in [-0.39, 0.29) is 94.5 Å². The lowest BCUT2D eigenvalue weighted by atomic mass is 10.0. The molecule has 0 atom stereocenters. The Balaban J connectivity index is 0.712. The highest BCUT2D eigenvalue weighted by atomic mass is 32.1. The van der Waals surface area contributed by atoms with Gasteiger partial charge in [0, 0.05) is 43.8 Å². The molecule has 0 unspecified atom stereocenters. The third-order valence-electron chi connectivity index (χ3n) is 11.9. The molecule has 4 aromatic heterocycles. The van der Waals surface area contributed by atoms with E-state index in [2.05, 4.69) is 35.8 Å². The predicted octanol–water partition coefficient (Wildman–Crippen LogP) is 5.62. The number of ether oxygens (including phenoxy) is 4. The molecule has 2 fully saturated rings. The van der Waals surface area contributed by atoms with Crippen molar-refractivity contribution in [2.24, 2.45) is 0 Å². The molecule has 3 amide bonds. The second kappa shape index (κ2) is 24.7. The minimum Gasteiger partial charge on any atom is -0.379 e. The predicted molar refractivity (Wildman–Crippen MR) is 261 cm³/mol. The Morgan fingerprint density at radius 2 is 1.47 bits per heavy atom. The second-order valence-electron chi connectivity index (χ2n) is 16.7. The number of ketones is 1. The standard InChI is InChI=1S/C47H57N11O11S/c1-30-36-29-49-46(53-42(36)57(33-8-4-5-9-33)44(63)41(30)32(3)59)52-38-13-12-34(28-48-38)55-16-18-56(19-17-55)40(61)15-21-67-23-25-69-27-26-68-24-22-66-20-14-39(60)51-37-11-7-6-10-35(37)43(62)54-47-50-31(2)45(70-47)58(64)65/h6-7,10-13,28-29,33H,4-5,8-9,14-27H2,1-3H3,(H,51,60)(H,50,54,62)(H,48,49,52,53). The number of nitro groups is 1. The van der Waals surface area contributed by atoms with Crippen LogP contribution >= 0.6 is 11.3 Å². The van der Waals surface area contributed by atoms with Gasteiger partial charge in [-0.25, -0.2) is 15.0 Å². The van der Waals surface area contributed by atoms with Crippen molar-refractivity contribution in [1.82, 2.24) is 29.4 Å². The summed E-state index contributed by atoms with van der Waals surface area (Å²) in [6.45, 7) is 9.51. The van der Waals surface area contributed by atoms with Crippen LogP contribution in [-0.2, 0) is 28.5 Å². The van der Waals surface area contributed by atoms with Crippen LogP contribution in [0.5, 0.6) is 0 Å². The molecule has 372 valence electrons. The van der Waals surface area contributed by atoms with Crippen LogP contribution in [0.2, 0.25) is 0 Å². The minimum atomic E-state index is -0.568. The Bertz CT molecular complexity index is 2720. The Morgan fingerprint density at radius 3 is 2.10 bits per heavy atom. The quantitative estimate of drug-likeness (QED) is 0.0293. The molecule has 1 aliphatic heterocycles. The average Bonchev–Trinajstić information content (AvgIpc) is 4.01. The highest BCUT2D eigenvalue weighted by molar-refractivity contribution is 7.19. The molecule has 1 aromatic carbocycles. The topological polar surface area (TPSA) is 264 Å². The molecule has 23 heteroatoms. The van der Waals surface area contributed by atoms with E-state index in [4.69, 9.17) is 23.9 Å². The van der Waals surface area contributed by atoms with Gasteiger partial charge in [0.05, 0.1) is 99.3 Å². The van der Waals surface area contributed by atoms with E-state index in [0.717, 1.165) is 42.7 Å². The van der Waals surface area contributed by atoms with Crippen molar-refractivity contribution in [3.8, 4) is 0 Å². The lowest BCUT2D eigenvalue weighted by Crippen LogP contribution is -2.49. The monoisotopic (exact) mass is 983 g/mol. The van der Waals surface area contributed by atoms with E-state index in [0.29, 0.717) is 87.6 Å². The molecule has 22 nitrogen and oxygen atoms in total. The molecule has 3 N–H and O–H groups in total. The second-order valence-corrected chi connectivity index (χ2v) is 17.6. The number of fused-ring (bicyclic) bond motifs is 1. The summed E-state index contributed by atoms with van der Waals surface area (Å²) in [5, 5.41) is 20.1. The number of piperazine rings is 1. The van der Waals surface area contributed by atoms with Crippen LogP contribution in [0, 0.1) is 24.0 Å². The fourth-order valence-corrected chi connectivity index (χ4v) is 9.08. The van der Waals surface area contributed by atoms with Gasteiger partial charge in [-0.1, -0.05) is 25.0 Å².